The van der Waals surface area contributed by atoms with Gasteiger partial charge in [0.25, 0.3) is 0 Å². The maximum Gasteiger partial charge on any atom is 0.170 e. The normalized spacial score (nSPS) is 14.2. The summed E-state index contributed by atoms with van der Waals surface area (Å²) in [5, 5.41) is 13.2. The Morgan fingerprint density at radius 2 is 1.93 bits per heavy atom. The Balaban J connectivity index is 1.54. The molecule has 1 heterocycles. The molecule has 1 aromatic heterocycles. The van der Waals surface area contributed by atoms with Crippen LogP contribution < -0.4 is 10.5 Å². The second-order valence-corrected chi connectivity index (χ2v) is 7.28. The predicted molar refractivity (Wildman–Crippen MR) is 108 cm³/mol. The van der Waals surface area contributed by atoms with Crippen molar-refractivity contribution in [2.75, 3.05) is 6.61 Å². The lowest BCUT2D eigenvalue weighted by atomic mass is 9.95. The molecule has 0 saturated carbocycles. The smallest absolute Gasteiger partial charge is 0.170 e. The molecule has 0 bridgehead atoms. The summed E-state index contributed by atoms with van der Waals surface area (Å²) < 4.78 is 34.2. The summed E-state index contributed by atoms with van der Waals surface area (Å²) in [5.74, 6) is -1.36. The largest absolute Gasteiger partial charge is 0.493 e. The van der Waals surface area contributed by atoms with E-state index in [4.69, 9.17) is 15.7 Å². The van der Waals surface area contributed by atoms with Gasteiger partial charge in [0.05, 0.1) is 6.61 Å². The van der Waals surface area contributed by atoms with E-state index in [9.17, 15) is 8.78 Å². The number of hydrogen-bond donors (Lipinski definition) is 2. The molecule has 1 aliphatic carbocycles. The van der Waals surface area contributed by atoms with E-state index in [-0.39, 0.29) is 5.84 Å². The topological polar surface area (TPSA) is 72.8 Å². The fourth-order valence-corrected chi connectivity index (χ4v) is 4.09. The third-order valence-corrected chi connectivity index (χ3v) is 5.47. The van der Waals surface area contributed by atoms with E-state index in [1.165, 1.54) is 17.3 Å². The molecule has 0 atom stereocenters. The van der Waals surface area contributed by atoms with Crippen LogP contribution in [0.15, 0.2) is 41.6 Å². The Morgan fingerprint density at radius 3 is 2.72 bits per heavy atom. The van der Waals surface area contributed by atoms with Crippen molar-refractivity contribution in [3.63, 3.8) is 0 Å². The molecule has 0 amide bonds. The molecule has 29 heavy (non-hydrogen) atoms. The van der Waals surface area contributed by atoms with Crippen molar-refractivity contribution in [3.8, 4) is 5.75 Å². The summed E-state index contributed by atoms with van der Waals surface area (Å²) in [6, 6.07) is 9.42. The number of aromatic nitrogens is 1. The number of oxime groups is 1. The van der Waals surface area contributed by atoms with Gasteiger partial charge in [-0.3, -0.25) is 0 Å². The Kier molecular flexibility index (Phi) is 5.38. The number of amidine groups is 1. The molecule has 3 aromatic rings. The minimum absolute atomic E-state index is 0.101. The summed E-state index contributed by atoms with van der Waals surface area (Å²) in [6.45, 7) is 1.17. The number of aryl methyl sites for hydroxylation is 2. The first-order valence-electron chi connectivity index (χ1n) is 9.78. The minimum atomic E-state index is -0.908. The molecule has 152 valence electrons. The third-order valence-electron chi connectivity index (χ3n) is 5.47. The van der Waals surface area contributed by atoms with Crippen LogP contribution >= 0.6 is 0 Å². The number of benzene rings is 2. The number of rotatable bonds is 6. The van der Waals surface area contributed by atoms with E-state index in [0.717, 1.165) is 61.7 Å². The Bertz CT molecular complexity index is 1080. The maximum absolute atomic E-state index is 13.3. The van der Waals surface area contributed by atoms with Crippen molar-refractivity contribution in [1.82, 2.24) is 4.57 Å². The van der Waals surface area contributed by atoms with Crippen LogP contribution in [0.5, 0.6) is 5.75 Å². The van der Waals surface area contributed by atoms with E-state index in [1.54, 1.807) is 0 Å². The summed E-state index contributed by atoms with van der Waals surface area (Å²) in [4.78, 5) is 0. The predicted octanol–water partition coefficient (Wildman–Crippen LogP) is 4.36. The fraction of sp³-hybridized carbons (Fsp3) is 0.318. The van der Waals surface area contributed by atoms with Gasteiger partial charge in [-0.05, 0) is 68.0 Å². The van der Waals surface area contributed by atoms with Crippen molar-refractivity contribution in [1.29, 1.82) is 0 Å². The lowest BCUT2D eigenvalue weighted by Gasteiger charge is -2.16. The second-order valence-electron chi connectivity index (χ2n) is 7.28. The average Bonchev–Trinajstić information content (AvgIpc) is 3.06. The molecule has 3 N–H and O–H groups in total. The van der Waals surface area contributed by atoms with Gasteiger partial charge in [0, 0.05) is 34.8 Å². The molecule has 0 radical (unpaired) electrons. The van der Waals surface area contributed by atoms with Gasteiger partial charge in [-0.25, -0.2) is 8.78 Å². The quantitative estimate of drug-likeness (QED) is 0.213. The first kappa shape index (κ1) is 19.2. The van der Waals surface area contributed by atoms with Gasteiger partial charge in [0.2, 0.25) is 0 Å². The van der Waals surface area contributed by atoms with Crippen LogP contribution in [0.25, 0.3) is 10.9 Å². The zero-order valence-corrected chi connectivity index (χ0v) is 16.0. The first-order chi connectivity index (χ1) is 14.1. The van der Waals surface area contributed by atoms with E-state index in [1.807, 2.05) is 18.2 Å². The van der Waals surface area contributed by atoms with Gasteiger partial charge in [-0.2, -0.15) is 0 Å². The van der Waals surface area contributed by atoms with Gasteiger partial charge in [-0.15, -0.1) is 0 Å². The van der Waals surface area contributed by atoms with E-state index in [2.05, 4.69) is 9.72 Å². The van der Waals surface area contributed by atoms with Crippen LogP contribution in [0.4, 0.5) is 8.78 Å². The molecule has 0 fully saturated rings. The molecule has 4 rings (SSSR count). The van der Waals surface area contributed by atoms with Crippen molar-refractivity contribution < 1.29 is 18.7 Å². The molecular formula is C22H23F2N3O2. The minimum Gasteiger partial charge on any atom is -0.493 e. The number of nitrogens with two attached hydrogens (primary N) is 1. The van der Waals surface area contributed by atoms with Crippen molar-refractivity contribution in [2.45, 2.75) is 38.6 Å². The van der Waals surface area contributed by atoms with Gasteiger partial charge < -0.3 is 20.2 Å². The monoisotopic (exact) mass is 399 g/mol. The van der Waals surface area contributed by atoms with Crippen molar-refractivity contribution in [3.05, 3.63) is 64.9 Å². The van der Waals surface area contributed by atoms with Crippen molar-refractivity contribution >= 4 is 16.7 Å². The molecule has 1 aliphatic rings. The number of fused-ring (bicyclic) bond motifs is 3. The first-order valence-corrected chi connectivity index (χ1v) is 9.78. The van der Waals surface area contributed by atoms with E-state index < -0.39 is 11.6 Å². The zero-order chi connectivity index (χ0) is 20.4. The van der Waals surface area contributed by atoms with Crippen LogP contribution in [-0.4, -0.2) is 22.2 Å². The Labute approximate surface area is 167 Å². The van der Waals surface area contributed by atoms with Crippen molar-refractivity contribution in [2.24, 2.45) is 10.9 Å². The number of hydrogen-bond acceptors (Lipinski definition) is 3. The van der Waals surface area contributed by atoms with Gasteiger partial charge in [0.1, 0.15) is 5.75 Å². The maximum atomic E-state index is 13.3. The second kappa shape index (κ2) is 8.11. The lowest BCUT2D eigenvalue weighted by Crippen LogP contribution is -2.12. The summed E-state index contributed by atoms with van der Waals surface area (Å²) >= 11 is 0. The molecular weight excluding hydrogens is 376 g/mol. The number of ether oxygens (including phenoxy) is 1. The van der Waals surface area contributed by atoms with Crippen LogP contribution in [0.1, 0.15) is 36.1 Å². The standard InChI is InChI=1S/C22H23F2N3O2/c23-18-8-7-15(13-19(18)24)29-11-3-10-27-20-5-2-1-4-16(20)17-12-14(22(25)26-28)6-9-21(17)27/h6-9,12-13,28H,1-5,10-11H2,(H2,25,26). The highest BCUT2D eigenvalue weighted by atomic mass is 19.2. The Morgan fingerprint density at radius 1 is 1.10 bits per heavy atom. The van der Waals surface area contributed by atoms with Gasteiger partial charge in [0.15, 0.2) is 17.5 Å². The highest BCUT2D eigenvalue weighted by Gasteiger charge is 2.20. The molecule has 0 spiro atoms. The van der Waals surface area contributed by atoms with E-state index >= 15 is 0 Å². The van der Waals surface area contributed by atoms with Gasteiger partial charge in [-0.1, -0.05) is 5.16 Å². The molecule has 0 saturated heterocycles. The van der Waals surface area contributed by atoms with Crippen LogP contribution in [0, 0.1) is 11.6 Å². The fourth-order valence-electron chi connectivity index (χ4n) is 4.09. The summed E-state index contributed by atoms with van der Waals surface area (Å²) in [6.07, 6.45) is 5.08. The highest BCUT2D eigenvalue weighted by molar-refractivity contribution is 6.01. The zero-order valence-electron chi connectivity index (χ0n) is 16.0. The lowest BCUT2D eigenvalue weighted by molar-refractivity contribution is 0.299. The summed E-state index contributed by atoms with van der Waals surface area (Å²) in [5.41, 5.74) is 10.3. The third kappa shape index (κ3) is 3.77. The molecule has 0 unspecified atom stereocenters. The molecule has 2 aromatic carbocycles. The van der Waals surface area contributed by atoms with Crippen LogP contribution in [0.2, 0.25) is 0 Å². The Hall–Kier alpha value is -3.09. The average molecular weight is 399 g/mol. The summed E-state index contributed by atoms with van der Waals surface area (Å²) in [7, 11) is 0. The highest BCUT2D eigenvalue weighted by Crippen LogP contribution is 2.33. The molecule has 5 nitrogen and oxygen atoms in total. The molecule has 0 aliphatic heterocycles. The van der Waals surface area contributed by atoms with Crippen LogP contribution in [0.3, 0.4) is 0 Å². The molecule has 7 heteroatoms. The van der Waals surface area contributed by atoms with E-state index in [0.29, 0.717) is 17.9 Å². The van der Waals surface area contributed by atoms with Gasteiger partial charge >= 0.3 is 0 Å². The number of nitrogens with zero attached hydrogens (tertiary/aromatic N) is 2. The van der Waals surface area contributed by atoms with Crippen LogP contribution in [-0.2, 0) is 19.4 Å². The number of halogens is 2. The SMILES string of the molecule is N/C(=N\O)c1ccc2c(c1)c1c(n2CCCOc2ccc(F)c(F)c2)CCCC1.